The summed E-state index contributed by atoms with van der Waals surface area (Å²) in [6.07, 6.45) is 13.3. The lowest BCUT2D eigenvalue weighted by atomic mass is 9.88. The number of aromatic amines is 1. The predicted octanol–water partition coefficient (Wildman–Crippen LogP) is 16.1. The smallest absolute Gasteiger partial charge is 0.356 e. The van der Waals surface area contributed by atoms with Gasteiger partial charge in [-0.15, -0.1) is 0 Å². The van der Waals surface area contributed by atoms with Crippen LogP contribution in [-0.4, -0.2) is 126 Å². The molecule has 0 spiro atoms. The molecule has 115 heavy (non-hydrogen) atoms. The summed E-state index contributed by atoms with van der Waals surface area (Å²) in [5, 5.41) is 44.2. The number of ketones is 2. The van der Waals surface area contributed by atoms with Crippen LogP contribution in [0.5, 0.6) is 17.4 Å². The number of nitro groups is 1. The minimum Gasteiger partial charge on any atom is -0.508 e. The first kappa shape index (κ1) is 90.2. The van der Waals surface area contributed by atoms with E-state index >= 15 is 0 Å². The summed E-state index contributed by atoms with van der Waals surface area (Å²) in [6.45, 7) is 7.10. The van der Waals surface area contributed by atoms with Crippen molar-refractivity contribution in [3.05, 3.63) is 262 Å². The van der Waals surface area contributed by atoms with Crippen LogP contribution in [0.3, 0.4) is 0 Å². The highest BCUT2D eigenvalue weighted by molar-refractivity contribution is 6.34. The van der Waals surface area contributed by atoms with E-state index in [0.29, 0.717) is 121 Å². The zero-order chi connectivity index (χ0) is 82.7. The first-order chi connectivity index (χ1) is 54.6. The first-order valence-corrected chi connectivity index (χ1v) is 36.0. The predicted molar refractivity (Wildman–Crippen MR) is 427 cm³/mol. The number of H-pyrrole nitrogens is 1. The molecule has 0 saturated heterocycles. The number of rotatable bonds is 20. The number of aromatic hydroxyl groups is 1. The van der Waals surface area contributed by atoms with E-state index in [4.69, 9.17) is 105 Å². The molecule has 8 heterocycles. The number of halogens is 8. The van der Waals surface area contributed by atoms with Gasteiger partial charge in [0.25, 0.3) is 12.0 Å². The molecule has 0 aliphatic heterocycles. The Bertz CT molecular complexity index is 5430. The van der Waals surface area contributed by atoms with Crippen LogP contribution in [0.25, 0.3) is 33.1 Å². The SMILES string of the molecule is C.CCOC(OCC)OCC.Clc1cnc2c(Cl)ncnc2c1.N#Cc1ncc(Cl)cc1[N+](=O)[O-].Nc1cc(Cl)cnc1C(=O)O.O=C(Cc1ccc(O)cc1)C1(C(=O)Cc2ccc(F)cc2)CC1.O=C(Nc1ccc(F)cc1)C1(C(=O)Nc2ccc(Oc3ncnc4cc(Cl)cnc34)cc2)CC1.O=c1[nH]cnc2cc(Cl)cnc12. The Morgan fingerprint density at radius 3 is 1.51 bits per heavy atom. The number of carboxylic acid groups (broad SMARTS) is 1. The third-order valence-corrected chi connectivity index (χ3v) is 17.1. The van der Waals surface area contributed by atoms with Gasteiger partial charge >= 0.3 is 11.7 Å². The molecule has 0 unspecified atom stereocenters. The zero-order valence-electron chi connectivity index (χ0n) is 59.9. The Balaban J connectivity index is 0.000000197. The number of Topliss-reactive ketones (excluding diaryl/α,β-unsaturated/α-hetero) is 2. The van der Waals surface area contributed by atoms with Crippen molar-refractivity contribution in [2.75, 3.05) is 36.2 Å². The largest absolute Gasteiger partial charge is 0.508 e. The van der Waals surface area contributed by atoms with Crippen LogP contribution in [-0.2, 0) is 46.2 Å². The average Bonchev–Trinajstić information content (AvgIpc) is 1.61. The highest BCUT2D eigenvalue weighted by Crippen LogP contribution is 2.49. The lowest BCUT2D eigenvalue weighted by Crippen LogP contribution is -2.35. The number of nitriles is 1. The fourth-order valence-electron chi connectivity index (χ4n) is 9.83. The highest BCUT2D eigenvalue weighted by atomic mass is 35.5. The number of phenols is 1. The number of phenolic OH excluding ortho intramolecular Hbond substituents is 1. The number of fused-ring (bicyclic) bond motifs is 3. The number of pyridine rings is 5. The Hall–Kier alpha value is -12.0. The molecule has 2 aliphatic carbocycles. The van der Waals surface area contributed by atoms with Crippen LogP contribution in [0, 0.1) is 43.9 Å². The molecule has 4 aromatic carbocycles. The van der Waals surface area contributed by atoms with Crippen molar-refractivity contribution >= 4 is 155 Å². The number of nitrogens with zero attached hydrogens (tertiary/aromatic N) is 12. The van der Waals surface area contributed by atoms with Gasteiger partial charge in [-0.1, -0.05) is 101 Å². The number of hydrogen-bond acceptors (Lipinski definition) is 25. The maximum absolute atomic E-state index is 13.1. The number of nitrogen functional groups attached to an aromatic ring is 1. The first-order valence-electron chi connectivity index (χ1n) is 33.7. The van der Waals surface area contributed by atoms with Gasteiger partial charge in [0.05, 0.1) is 64.0 Å². The molecular weight excluding hydrogens is 1620 g/mol. The molecule has 0 radical (unpaired) electrons. The van der Waals surface area contributed by atoms with Crippen molar-refractivity contribution in [2.45, 2.75) is 73.2 Å². The van der Waals surface area contributed by atoms with E-state index in [-0.39, 0.29) is 82.6 Å². The summed E-state index contributed by atoms with van der Waals surface area (Å²) in [6, 6.07) is 33.3. The number of carbonyl (C=O) groups is 5. The molecule has 0 atom stereocenters. The molecule has 14 rings (SSSR count). The van der Waals surface area contributed by atoms with Gasteiger partial charge in [-0.25, -0.2) is 58.4 Å². The second-order valence-electron chi connectivity index (χ2n) is 23.8. The van der Waals surface area contributed by atoms with E-state index in [0.717, 1.165) is 17.2 Å². The van der Waals surface area contributed by atoms with Crippen LogP contribution >= 0.6 is 69.6 Å². The summed E-state index contributed by atoms with van der Waals surface area (Å²) in [7, 11) is 0. The van der Waals surface area contributed by atoms with Crippen LogP contribution in [0.2, 0.25) is 30.3 Å². The zero-order valence-corrected chi connectivity index (χ0v) is 64.5. The van der Waals surface area contributed by atoms with Gasteiger partial charge < -0.3 is 50.5 Å². The summed E-state index contributed by atoms with van der Waals surface area (Å²) in [5.41, 5.74) is 7.84. The Morgan fingerprint density at radius 2 is 1.03 bits per heavy atom. The molecule has 2 saturated carbocycles. The summed E-state index contributed by atoms with van der Waals surface area (Å²) >= 11 is 34.0. The van der Waals surface area contributed by atoms with Gasteiger partial charge in [0.15, 0.2) is 33.4 Å². The van der Waals surface area contributed by atoms with E-state index in [1.165, 1.54) is 105 Å². The maximum atomic E-state index is 13.1. The van der Waals surface area contributed by atoms with Gasteiger partial charge in [-0.3, -0.25) is 34.1 Å². The number of ether oxygens (including phenoxy) is 4. The van der Waals surface area contributed by atoms with Crippen molar-refractivity contribution in [2.24, 2.45) is 10.8 Å². The number of nitrogens with one attached hydrogen (secondary N) is 3. The van der Waals surface area contributed by atoms with Gasteiger partial charge in [0.1, 0.15) is 52.8 Å². The van der Waals surface area contributed by atoms with Crippen molar-refractivity contribution < 1.29 is 66.8 Å². The third kappa shape index (κ3) is 26.5. The lowest BCUT2D eigenvalue weighted by molar-refractivity contribution is -0.385. The standard InChI is InChI=1S/C24H17ClFN5O3.C19H17FO3.C7H3Cl2N3.C7H4ClN3O.C7H16O3.C6H2ClN3O2.C6H5ClN2O2.CH4/c25-14-11-19-20(27-12-14)21(29-13-28-19)34-18-7-5-17(6-8-18)31-23(33)24(9-10-24)22(32)30-16-3-1-15(26)2-4-16;20-15-5-1-13(2-6-15)11-17(22)19(9-10-19)18(23)12-14-3-7-16(21)8-4-14;8-4-1-5-6(10-2-4)7(9)12-3-11-5;8-4-1-5-6(9-2-4)7(12)11-3-10-5;1-4-8-7(9-5-2)10-6-3;7-4-1-6(10(11)12)5(2-8)9-3-4;7-3-1-4(8)5(6(10)11)9-2-3;/h1-8,11-13H,9-10H2,(H,30,32)(H,31,33);1-8,21H,9-12H2;1-3H;1-3H,(H,10,11,12);7H,4-6H2,1-3H3;1,3H;1-2H,8H2,(H,10,11);1H4. The van der Waals surface area contributed by atoms with E-state index in [2.05, 4.69) is 65.5 Å². The van der Waals surface area contributed by atoms with Crippen LogP contribution < -0.4 is 26.7 Å². The van der Waals surface area contributed by atoms with Crippen LogP contribution in [0.4, 0.5) is 31.5 Å². The number of carbonyl (C=O) groups excluding carboxylic acids is 4. The molecule has 12 aromatic rings. The third-order valence-electron chi connectivity index (χ3n) is 15.8. The normalized spacial score (nSPS) is 12.1. The minimum absolute atomic E-state index is 0. The quantitative estimate of drug-likeness (QED) is 0.0136. The lowest BCUT2D eigenvalue weighted by Gasteiger charge is -2.16. The number of hydrogen-bond donors (Lipinski definition) is 6. The monoisotopic (exact) mass is 1690 g/mol. The molecule has 7 N–H and O–H groups in total. The Kier molecular flexibility index (Phi) is 33.9. The van der Waals surface area contributed by atoms with Gasteiger partial charge in [-0.2, -0.15) is 10.2 Å². The molecule has 30 nitrogen and oxygen atoms in total. The summed E-state index contributed by atoms with van der Waals surface area (Å²) < 4.78 is 47.0. The number of aromatic nitrogens is 11. The molecule has 2 aliphatic rings. The van der Waals surface area contributed by atoms with E-state index in [1.54, 1.807) is 72.8 Å². The van der Waals surface area contributed by atoms with Crippen molar-refractivity contribution in [1.82, 2.24) is 54.8 Å². The molecule has 2 amide bonds. The van der Waals surface area contributed by atoms with E-state index < -0.39 is 45.8 Å². The van der Waals surface area contributed by atoms with Gasteiger partial charge in [-0.05, 0) is 155 Å². The van der Waals surface area contributed by atoms with E-state index in [1.807, 2.05) is 20.8 Å². The number of carboxylic acids is 1. The fourth-order valence-corrected chi connectivity index (χ4v) is 10.8. The summed E-state index contributed by atoms with van der Waals surface area (Å²) in [4.78, 5) is 123. The van der Waals surface area contributed by atoms with Crippen molar-refractivity contribution in [1.29, 1.82) is 5.26 Å². The van der Waals surface area contributed by atoms with Crippen LogP contribution in [0.15, 0.2) is 182 Å². The topological polar surface area (TPSA) is 441 Å². The second kappa shape index (κ2) is 43.3. The molecule has 2 fully saturated rings. The van der Waals surface area contributed by atoms with Gasteiger partial charge in [0.2, 0.25) is 23.4 Å². The number of benzene rings is 4. The number of nitrogens with two attached hydrogens (primary N) is 1. The molecular formula is C77H68Cl6F2N16O14. The van der Waals surface area contributed by atoms with Crippen LogP contribution in [0.1, 0.15) is 81.2 Å². The highest BCUT2D eigenvalue weighted by Gasteiger charge is 2.57. The molecule has 38 heteroatoms. The molecule has 0 bridgehead atoms. The average molecular weight is 1690 g/mol. The summed E-state index contributed by atoms with van der Waals surface area (Å²) in [5.74, 6) is -1.98. The molecule has 8 aromatic heterocycles. The van der Waals surface area contributed by atoms with E-state index in [9.17, 15) is 52.8 Å². The Labute approximate surface area is 683 Å². The second-order valence-corrected chi connectivity index (χ2v) is 26.3. The van der Waals surface area contributed by atoms with Crippen molar-refractivity contribution in [3.63, 3.8) is 0 Å². The molecule has 596 valence electrons. The number of anilines is 3. The van der Waals surface area contributed by atoms with Crippen molar-refractivity contribution in [3.8, 4) is 23.4 Å². The number of amides is 2. The minimum atomic E-state index is -1.15. The number of aromatic carboxylic acids is 1. The fraction of sp³-hybridized carbons (Fsp3) is 0.208. The van der Waals surface area contributed by atoms with Gasteiger partial charge in [0, 0.05) is 81.1 Å². The maximum Gasteiger partial charge on any atom is 0.356 e. The Morgan fingerprint density at radius 1 is 0.591 bits per heavy atom.